The van der Waals surface area contributed by atoms with E-state index in [1.165, 1.54) is 4.90 Å². The first-order chi connectivity index (χ1) is 11.5. The lowest BCUT2D eigenvalue weighted by Gasteiger charge is -2.31. The Bertz CT molecular complexity index is 787. The van der Waals surface area contributed by atoms with Crippen molar-refractivity contribution in [1.29, 1.82) is 0 Å². The number of aromatic nitrogens is 1. The molecule has 0 aliphatic carbocycles. The molecule has 1 fully saturated rings. The van der Waals surface area contributed by atoms with Gasteiger partial charge in [0.1, 0.15) is 5.69 Å². The molecular formula is C17H17BrN2O4. The molecule has 7 heteroatoms. The maximum Gasteiger partial charge on any atom is 0.334 e. The topological polar surface area (TPSA) is 71.8 Å². The summed E-state index contributed by atoms with van der Waals surface area (Å²) in [6.45, 7) is 0.673. The van der Waals surface area contributed by atoms with Gasteiger partial charge in [0.25, 0.3) is 5.91 Å². The summed E-state index contributed by atoms with van der Waals surface area (Å²) in [5.41, 5.74) is 2.42. The first-order valence-electron chi connectivity index (χ1n) is 7.53. The molecule has 0 bridgehead atoms. The van der Waals surface area contributed by atoms with Gasteiger partial charge in [0.15, 0.2) is 6.10 Å². The van der Waals surface area contributed by atoms with E-state index in [4.69, 9.17) is 9.84 Å². The summed E-state index contributed by atoms with van der Waals surface area (Å²) in [4.78, 5) is 25.4. The summed E-state index contributed by atoms with van der Waals surface area (Å²) in [7, 11) is 1.83. The molecule has 1 N–H and O–H groups in total. The molecule has 1 aliphatic rings. The molecule has 0 saturated carbocycles. The number of carboxylic acids is 1. The molecule has 1 atom stereocenters. The van der Waals surface area contributed by atoms with Gasteiger partial charge in [0.05, 0.1) is 13.2 Å². The number of carbonyl (C=O) groups excluding carboxylic acids is 1. The number of ether oxygens (including phenoxy) is 1. The van der Waals surface area contributed by atoms with Crippen molar-refractivity contribution in [3.8, 4) is 11.3 Å². The molecule has 1 aromatic carbocycles. The average Bonchev–Trinajstić information content (AvgIpc) is 2.96. The fourth-order valence-electron chi connectivity index (χ4n) is 2.81. The number of rotatable bonds is 3. The Morgan fingerprint density at radius 2 is 2.00 bits per heavy atom. The Labute approximate surface area is 147 Å². The second-order valence-electron chi connectivity index (χ2n) is 5.59. The van der Waals surface area contributed by atoms with Gasteiger partial charge in [-0.15, -0.1) is 0 Å². The molecule has 1 aliphatic heterocycles. The smallest absolute Gasteiger partial charge is 0.334 e. The molecular weight excluding hydrogens is 376 g/mol. The van der Waals surface area contributed by atoms with Crippen molar-refractivity contribution in [2.45, 2.75) is 6.10 Å². The maximum atomic E-state index is 12.8. The van der Waals surface area contributed by atoms with Crippen LogP contribution >= 0.6 is 15.9 Å². The maximum absolute atomic E-state index is 12.8. The molecule has 24 heavy (non-hydrogen) atoms. The van der Waals surface area contributed by atoms with E-state index >= 15 is 0 Å². The lowest BCUT2D eigenvalue weighted by molar-refractivity contribution is -0.154. The summed E-state index contributed by atoms with van der Waals surface area (Å²) >= 11 is 3.52. The van der Waals surface area contributed by atoms with Crippen LogP contribution in [-0.4, -0.2) is 52.3 Å². The third-order valence-corrected chi connectivity index (χ3v) is 4.81. The van der Waals surface area contributed by atoms with Gasteiger partial charge in [0.2, 0.25) is 0 Å². The lowest BCUT2D eigenvalue weighted by atomic mass is 10.1. The highest BCUT2D eigenvalue weighted by atomic mass is 79.9. The second kappa shape index (κ2) is 6.78. The Morgan fingerprint density at radius 3 is 2.71 bits per heavy atom. The van der Waals surface area contributed by atoms with Gasteiger partial charge in [-0.2, -0.15) is 0 Å². The number of halogens is 1. The minimum absolute atomic E-state index is 0.0592. The van der Waals surface area contributed by atoms with Crippen molar-refractivity contribution in [3.05, 3.63) is 46.6 Å². The van der Waals surface area contributed by atoms with Gasteiger partial charge in [-0.3, -0.25) is 4.79 Å². The normalized spacial score (nSPS) is 17.8. The number of hydrogen-bond donors (Lipinski definition) is 1. The lowest BCUT2D eigenvalue weighted by Crippen LogP contribution is -2.48. The van der Waals surface area contributed by atoms with Crippen LogP contribution in [0.2, 0.25) is 0 Å². The summed E-state index contributed by atoms with van der Waals surface area (Å²) in [6.07, 6.45) is -0.967. The van der Waals surface area contributed by atoms with Gasteiger partial charge < -0.3 is 19.3 Å². The average molecular weight is 393 g/mol. The summed E-state index contributed by atoms with van der Waals surface area (Å²) in [5.74, 6) is -1.24. The zero-order valence-electron chi connectivity index (χ0n) is 13.1. The fourth-order valence-corrected chi connectivity index (χ4v) is 3.30. The van der Waals surface area contributed by atoms with Crippen molar-refractivity contribution in [1.82, 2.24) is 9.47 Å². The number of carboxylic acid groups (broad SMARTS) is 1. The van der Waals surface area contributed by atoms with Gasteiger partial charge in [-0.25, -0.2) is 4.79 Å². The molecule has 2 aromatic rings. The number of carbonyl (C=O) groups is 2. The van der Waals surface area contributed by atoms with Gasteiger partial charge in [-0.05, 0) is 18.2 Å². The Kier molecular flexibility index (Phi) is 4.73. The van der Waals surface area contributed by atoms with Crippen LogP contribution in [0.4, 0.5) is 0 Å². The number of nitrogens with zero attached hydrogens (tertiary/aromatic N) is 2. The van der Waals surface area contributed by atoms with E-state index in [1.54, 1.807) is 6.07 Å². The minimum atomic E-state index is -1.05. The van der Waals surface area contributed by atoms with Crippen molar-refractivity contribution in [2.24, 2.45) is 7.05 Å². The molecule has 6 nitrogen and oxygen atoms in total. The van der Waals surface area contributed by atoms with E-state index in [0.29, 0.717) is 12.2 Å². The molecule has 0 spiro atoms. The van der Waals surface area contributed by atoms with Crippen molar-refractivity contribution < 1.29 is 19.4 Å². The van der Waals surface area contributed by atoms with Gasteiger partial charge in [0, 0.05) is 29.3 Å². The molecule has 3 rings (SSSR count). The predicted molar refractivity (Wildman–Crippen MR) is 91.8 cm³/mol. The molecule has 1 amide bonds. The molecule has 0 radical (unpaired) electrons. The van der Waals surface area contributed by atoms with E-state index in [0.717, 1.165) is 15.7 Å². The number of benzene rings is 1. The van der Waals surface area contributed by atoms with Crippen LogP contribution in [0.15, 0.2) is 40.9 Å². The first kappa shape index (κ1) is 16.7. The quantitative estimate of drug-likeness (QED) is 0.870. The zero-order chi connectivity index (χ0) is 17.3. The molecule has 1 aromatic heterocycles. The minimum Gasteiger partial charge on any atom is -0.479 e. The molecule has 1 unspecified atom stereocenters. The van der Waals surface area contributed by atoms with Crippen LogP contribution in [0.3, 0.4) is 0 Å². The van der Waals surface area contributed by atoms with Crippen LogP contribution in [-0.2, 0) is 16.6 Å². The Hall–Kier alpha value is -2.12. The third kappa shape index (κ3) is 3.09. The monoisotopic (exact) mass is 392 g/mol. The molecule has 126 valence electrons. The second-order valence-corrected chi connectivity index (χ2v) is 6.45. The highest BCUT2D eigenvalue weighted by Crippen LogP contribution is 2.29. The van der Waals surface area contributed by atoms with Gasteiger partial charge >= 0.3 is 5.97 Å². The first-order valence-corrected chi connectivity index (χ1v) is 8.32. The standard InChI is InChI=1S/C17H17BrN2O4/c1-19-13(11-4-2-3-5-12(11)18)6-7-14(19)16(21)20-8-9-24-15(10-20)17(22)23/h2-7,15H,8-10H2,1H3,(H,22,23). The Morgan fingerprint density at radius 1 is 1.25 bits per heavy atom. The number of hydrogen-bond acceptors (Lipinski definition) is 3. The predicted octanol–water partition coefficient (Wildman–Crippen LogP) is 2.38. The molecule has 2 heterocycles. The Balaban J connectivity index is 1.87. The van der Waals surface area contributed by atoms with Gasteiger partial charge in [-0.1, -0.05) is 34.1 Å². The van der Waals surface area contributed by atoms with E-state index in [-0.39, 0.29) is 19.1 Å². The van der Waals surface area contributed by atoms with E-state index in [1.807, 2.05) is 41.9 Å². The van der Waals surface area contributed by atoms with E-state index < -0.39 is 12.1 Å². The fraction of sp³-hybridized carbons (Fsp3) is 0.294. The highest BCUT2D eigenvalue weighted by Gasteiger charge is 2.30. The van der Waals surface area contributed by atoms with E-state index in [9.17, 15) is 9.59 Å². The van der Waals surface area contributed by atoms with Crippen LogP contribution < -0.4 is 0 Å². The summed E-state index contributed by atoms with van der Waals surface area (Å²) < 4.78 is 7.94. The third-order valence-electron chi connectivity index (χ3n) is 4.12. The summed E-state index contributed by atoms with van der Waals surface area (Å²) in [5, 5.41) is 9.07. The highest BCUT2D eigenvalue weighted by molar-refractivity contribution is 9.10. The van der Waals surface area contributed by atoms with Crippen LogP contribution in [0.1, 0.15) is 10.5 Å². The van der Waals surface area contributed by atoms with Crippen LogP contribution in [0.25, 0.3) is 11.3 Å². The number of aliphatic carboxylic acids is 1. The van der Waals surface area contributed by atoms with Crippen LogP contribution in [0.5, 0.6) is 0 Å². The van der Waals surface area contributed by atoms with Crippen molar-refractivity contribution in [2.75, 3.05) is 19.7 Å². The zero-order valence-corrected chi connectivity index (χ0v) is 14.7. The summed E-state index contributed by atoms with van der Waals surface area (Å²) in [6, 6.07) is 11.5. The number of amides is 1. The largest absolute Gasteiger partial charge is 0.479 e. The van der Waals surface area contributed by atoms with Crippen molar-refractivity contribution >= 4 is 27.8 Å². The van der Waals surface area contributed by atoms with Crippen LogP contribution in [0, 0.1) is 0 Å². The number of morpholine rings is 1. The van der Waals surface area contributed by atoms with E-state index in [2.05, 4.69) is 15.9 Å². The SMILES string of the molecule is Cn1c(C(=O)N2CCOC(C(=O)O)C2)ccc1-c1ccccc1Br. The van der Waals surface area contributed by atoms with Crippen molar-refractivity contribution in [3.63, 3.8) is 0 Å². The molecule has 1 saturated heterocycles.